The number of aromatic nitrogens is 4. The van der Waals surface area contributed by atoms with E-state index in [0.717, 1.165) is 49.5 Å². The van der Waals surface area contributed by atoms with Crippen LogP contribution >= 0.6 is 0 Å². The molecule has 7 nitrogen and oxygen atoms in total. The molecule has 31 heavy (non-hydrogen) atoms. The van der Waals surface area contributed by atoms with Crippen molar-refractivity contribution in [1.29, 1.82) is 0 Å². The highest BCUT2D eigenvalue weighted by molar-refractivity contribution is 5.52. The largest absolute Gasteiger partial charge is 0.376 e. The Labute approximate surface area is 182 Å². The van der Waals surface area contributed by atoms with Crippen LogP contribution < -0.4 is 4.90 Å². The van der Waals surface area contributed by atoms with Crippen LogP contribution in [0.15, 0.2) is 47.5 Å². The molecule has 7 heteroatoms. The van der Waals surface area contributed by atoms with Crippen LogP contribution in [0.4, 0.5) is 5.95 Å². The summed E-state index contributed by atoms with van der Waals surface area (Å²) >= 11 is 0. The van der Waals surface area contributed by atoms with Crippen LogP contribution in [-0.2, 0) is 17.8 Å². The fraction of sp³-hybridized carbons (Fsp3) is 0.500. The third-order valence-electron chi connectivity index (χ3n) is 6.67. The topological polar surface area (TPSA) is 77.2 Å². The summed E-state index contributed by atoms with van der Waals surface area (Å²) in [5.74, 6) is 3.79. The average molecular weight is 420 g/mol. The van der Waals surface area contributed by atoms with Gasteiger partial charge in [0.1, 0.15) is 0 Å². The Hall–Kier alpha value is -2.80. The van der Waals surface area contributed by atoms with Crippen LogP contribution in [0.1, 0.15) is 37.3 Å². The van der Waals surface area contributed by atoms with Crippen molar-refractivity contribution in [3.63, 3.8) is 0 Å². The van der Waals surface area contributed by atoms with Crippen LogP contribution in [-0.4, -0.2) is 39.8 Å². The Kier molecular flexibility index (Phi) is 5.93. The molecule has 1 aliphatic heterocycles. The second-order valence-electron chi connectivity index (χ2n) is 8.69. The molecule has 3 heterocycles. The molecule has 0 spiro atoms. The molecule has 0 unspecified atom stereocenters. The highest BCUT2D eigenvalue weighted by Gasteiger charge is 2.43. The fourth-order valence-corrected chi connectivity index (χ4v) is 4.63. The molecule has 0 amide bonds. The lowest BCUT2D eigenvalue weighted by Gasteiger charge is -2.32. The van der Waals surface area contributed by atoms with Crippen molar-refractivity contribution in [2.45, 2.75) is 39.2 Å². The summed E-state index contributed by atoms with van der Waals surface area (Å²) in [5.41, 5.74) is 3.30. The number of piperidine rings is 1. The Balaban J connectivity index is 1.03. The second kappa shape index (κ2) is 9.14. The summed E-state index contributed by atoms with van der Waals surface area (Å²) in [7, 11) is 0. The summed E-state index contributed by atoms with van der Waals surface area (Å²) in [6, 6.07) is 8.13. The van der Waals surface area contributed by atoms with Gasteiger partial charge in [0.15, 0.2) is 6.33 Å². The van der Waals surface area contributed by atoms with Crippen LogP contribution in [0, 0.1) is 17.8 Å². The summed E-state index contributed by atoms with van der Waals surface area (Å²) in [4.78, 5) is 15.5. The first kappa shape index (κ1) is 20.1. The number of aryl methyl sites for hydroxylation is 1. The molecule has 1 saturated heterocycles. The molecule has 0 bridgehead atoms. The maximum atomic E-state index is 6.03. The van der Waals surface area contributed by atoms with Crippen LogP contribution in [0.2, 0.25) is 0 Å². The minimum absolute atomic E-state index is 0.545. The molecule has 5 rings (SSSR count). The van der Waals surface area contributed by atoms with Crippen molar-refractivity contribution >= 4 is 5.95 Å². The van der Waals surface area contributed by atoms with Crippen molar-refractivity contribution in [2.75, 3.05) is 24.6 Å². The van der Waals surface area contributed by atoms with E-state index in [4.69, 9.17) is 9.26 Å². The molecule has 1 saturated carbocycles. The quantitative estimate of drug-likeness (QED) is 0.542. The minimum atomic E-state index is 0.545. The lowest BCUT2D eigenvalue weighted by Crippen LogP contribution is -2.35. The van der Waals surface area contributed by atoms with Crippen LogP contribution in [0.5, 0.6) is 0 Å². The zero-order valence-corrected chi connectivity index (χ0v) is 18.0. The van der Waals surface area contributed by atoms with E-state index in [1.807, 2.05) is 24.5 Å². The SMILES string of the molecule is CCc1cnc(N2CCC([C@H]3C[C@H]3COCc3ccc(-c4ncno4)cc3)CC2)nc1. The third-order valence-corrected chi connectivity index (χ3v) is 6.67. The van der Waals surface area contributed by atoms with E-state index >= 15 is 0 Å². The smallest absolute Gasteiger partial charge is 0.257 e. The number of anilines is 1. The molecular weight excluding hydrogens is 390 g/mol. The van der Waals surface area contributed by atoms with Crippen molar-refractivity contribution in [3.05, 3.63) is 54.1 Å². The molecular formula is C24H29N5O2. The van der Waals surface area contributed by atoms with E-state index in [1.165, 1.54) is 36.7 Å². The molecule has 0 radical (unpaired) electrons. The van der Waals surface area contributed by atoms with Gasteiger partial charge in [-0.1, -0.05) is 24.2 Å². The van der Waals surface area contributed by atoms with E-state index in [1.54, 1.807) is 0 Å². The molecule has 1 aliphatic carbocycles. The number of rotatable bonds is 8. The molecule has 162 valence electrons. The Morgan fingerprint density at radius 3 is 2.48 bits per heavy atom. The molecule has 2 aromatic heterocycles. The third kappa shape index (κ3) is 4.77. The number of hydrogen-bond donors (Lipinski definition) is 0. The number of nitrogens with zero attached hydrogens (tertiary/aromatic N) is 5. The van der Waals surface area contributed by atoms with Gasteiger partial charge in [-0.3, -0.25) is 0 Å². The summed E-state index contributed by atoms with van der Waals surface area (Å²) in [6.45, 7) is 5.77. The predicted molar refractivity (Wildman–Crippen MR) is 117 cm³/mol. The standard InChI is InChI=1S/C24H29N5O2/c1-2-17-12-25-24(26-13-17)29-9-7-19(8-10-29)22-11-21(22)15-30-14-18-3-5-20(6-4-18)23-27-16-28-31-23/h3-6,12-13,16,19,21-22H,2,7-11,14-15H2,1H3/t21-,22+/m0/s1. The molecule has 3 aromatic rings. The van der Waals surface area contributed by atoms with E-state index in [-0.39, 0.29) is 0 Å². The first-order chi connectivity index (χ1) is 15.3. The Morgan fingerprint density at radius 1 is 1.03 bits per heavy atom. The minimum Gasteiger partial charge on any atom is -0.376 e. The lowest BCUT2D eigenvalue weighted by molar-refractivity contribution is 0.104. The second-order valence-corrected chi connectivity index (χ2v) is 8.69. The van der Waals surface area contributed by atoms with Gasteiger partial charge >= 0.3 is 0 Å². The lowest BCUT2D eigenvalue weighted by atomic mass is 9.91. The van der Waals surface area contributed by atoms with Crippen LogP contribution in [0.25, 0.3) is 11.5 Å². The summed E-state index contributed by atoms with van der Waals surface area (Å²) < 4.78 is 11.1. The molecule has 2 fully saturated rings. The first-order valence-corrected chi connectivity index (χ1v) is 11.3. The van der Waals surface area contributed by atoms with Gasteiger partial charge in [0.2, 0.25) is 5.95 Å². The number of hydrogen-bond acceptors (Lipinski definition) is 7. The average Bonchev–Trinajstić information content (AvgIpc) is 3.38. The van der Waals surface area contributed by atoms with E-state index in [9.17, 15) is 0 Å². The zero-order chi connectivity index (χ0) is 21.0. The highest BCUT2D eigenvalue weighted by atomic mass is 16.5. The van der Waals surface area contributed by atoms with Gasteiger partial charge in [-0.25, -0.2) is 9.97 Å². The van der Waals surface area contributed by atoms with E-state index < -0.39 is 0 Å². The van der Waals surface area contributed by atoms with Crippen molar-refractivity contribution in [2.24, 2.45) is 17.8 Å². The fourth-order valence-electron chi connectivity index (χ4n) is 4.63. The Morgan fingerprint density at radius 2 is 1.81 bits per heavy atom. The molecule has 1 aromatic carbocycles. The first-order valence-electron chi connectivity index (χ1n) is 11.3. The normalized spacial score (nSPS) is 21.4. The highest BCUT2D eigenvalue weighted by Crippen LogP contribution is 2.48. The Bertz CT molecular complexity index is 951. The van der Waals surface area contributed by atoms with E-state index in [0.29, 0.717) is 18.4 Å². The van der Waals surface area contributed by atoms with Gasteiger partial charge in [0, 0.05) is 31.0 Å². The van der Waals surface area contributed by atoms with Crippen LogP contribution in [0.3, 0.4) is 0 Å². The summed E-state index contributed by atoms with van der Waals surface area (Å²) in [5, 5.41) is 3.65. The van der Waals surface area contributed by atoms with Crippen molar-refractivity contribution in [3.8, 4) is 11.5 Å². The molecule has 2 atom stereocenters. The van der Waals surface area contributed by atoms with E-state index in [2.05, 4.69) is 44.1 Å². The maximum Gasteiger partial charge on any atom is 0.257 e. The summed E-state index contributed by atoms with van der Waals surface area (Å²) in [6.07, 6.45) is 10.1. The maximum absolute atomic E-state index is 6.03. The van der Waals surface area contributed by atoms with Gasteiger partial charge in [0.25, 0.3) is 5.89 Å². The van der Waals surface area contributed by atoms with Gasteiger partial charge in [0.05, 0.1) is 13.2 Å². The van der Waals surface area contributed by atoms with Crippen molar-refractivity contribution in [1.82, 2.24) is 20.1 Å². The molecule has 0 N–H and O–H groups in total. The van der Waals surface area contributed by atoms with Gasteiger partial charge in [-0.15, -0.1) is 0 Å². The molecule has 2 aliphatic rings. The monoisotopic (exact) mass is 419 g/mol. The number of benzene rings is 1. The predicted octanol–water partition coefficient (Wildman–Crippen LogP) is 4.16. The zero-order valence-electron chi connectivity index (χ0n) is 18.0. The van der Waals surface area contributed by atoms with Gasteiger partial charge < -0.3 is 14.2 Å². The van der Waals surface area contributed by atoms with Crippen molar-refractivity contribution < 1.29 is 9.26 Å². The van der Waals surface area contributed by atoms with Gasteiger partial charge in [-0.05, 0) is 66.7 Å². The van der Waals surface area contributed by atoms with Gasteiger partial charge in [-0.2, -0.15) is 4.98 Å². The number of ether oxygens (including phenoxy) is 1.